The fourth-order valence-electron chi connectivity index (χ4n) is 0.634. The van der Waals surface area contributed by atoms with Crippen molar-refractivity contribution in [3.8, 4) is 0 Å². The van der Waals surface area contributed by atoms with Gasteiger partial charge in [0.2, 0.25) is 5.69 Å². The molecule has 0 aliphatic carbocycles. The van der Waals surface area contributed by atoms with Crippen molar-refractivity contribution in [2.45, 2.75) is 12.6 Å². The van der Waals surface area contributed by atoms with Gasteiger partial charge in [-0.3, -0.25) is 0 Å². The number of esters is 1. The van der Waals surface area contributed by atoms with E-state index >= 15 is 0 Å². The molecule has 1 N–H and O–H groups in total. The van der Waals surface area contributed by atoms with Gasteiger partial charge in [-0.25, -0.2) is 4.79 Å². The third kappa shape index (κ3) is 2.01. The van der Waals surface area contributed by atoms with Crippen molar-refractivity contribution < 1.29 is 14.3 Å². The molecule has 1 heterocycles. The lowest BCUT2D eigenvalue weighted by atomic mass is 10.5. The highest BCUT2D eigenvalue weighted by Gasteiger charge is 2.20. The zero-order valence-corrected chi connectivity index (χ0v) is 6.72. The van der Waals surface area contributed by atoms with Crippen LogP contribution in [-0.4, -0.2) is 18.3 Å². The van der Waals surface area contributed by atoms with Crippen LogP contribution in [0.3, 0.4) is 0 Å². The number of hydrogen-bond acceptors (Lipinski definition) is 4. The van der Waals surface area contributed by atoms with Gasteiger partial charge in [0.25, 0.3) is 0 Å². The number of halogens is 1. The summed E-state index contributed by atoms with van der Waals surface area (Å²) >= 11 is 5.46. The first-order valence-electron chi connectivity index (χ1n) is 3.17. The van der Waals surface area contributed by atoms with Gasteiger partial charge in [0, 0.05) is 0 Å². The summed E-state index contributed by atoms with van der Waals surface area (Å²) < 4.78 is 9.39. The topological polar surface area (TPSA) is 47.6 Å². The largest absolute Gasteiger partial charge is 0.462 e. The average Bonchev–Trinajstić information content (AvgIpc) is 2.36. The van der Waals surface area contributed by atoms with E-state index in [0.29, 0.717) is 6.61 Å². The van der Waals surface area contributed by atoms with Gasteiger partial charge < -0.3 is 14.8 Å². The molecule has 0 saturated carbocycles. The third-order valence-electron chi connectivity index (χ3n) is 1.07. The molecule has 0 saturated heterocycles. The number of alkyl halides is 1. The van der Waals surface area contributed by atoms with Crippen LogP contribution in [0.1, 0.15) is 6.92 Å². The Morgan fingerprint density at radius 3 is 3.18 bits per heavy atom. The monoisotopic (exact) mass is 177 g/mol. The van der Waals surface area contributed by atoms with Crippen LogP contribution >= 0.6 is 11.6 Å². The van der Waals surface area contributed by atoms with Crippen molar-refractivity contribution in [1.82, 2.24) is 5.32 Å². The lowest BCUT2D eigenvalue weighted by molar-refractivity contribution is -0.138. The Kier molecular flexibility index (Phi) is 2.59. The van der Waals surface area contributed by atoms with E-state index in [4.69, 9.17) is 16.3 Å². The number of carbonyl (C=O) groups excluding carboxylic acids is 1. The minimum absolute atomic E-state index is 0.256. The Balaban J connectivity index is 2.43. The van der Waals surface area contributed by atoms with Gasteiger partial charge in [0.15, 0.2) is 5.70 Å². The van der Waals surface area contributed by atoms with E-state index in [0.717, 1.165) is 0 Å². The molecule has 11 heavy (non-hydrogen) atoms. The van der Waals surface area contributed by atoms with Crippen LogP contribution < -0.4 is 5.32 Å². The molecule has 0 aromatic rings. The highest BCUT2D eigenvalue weighted by Crippen LogP contribution is 2.09. The van der Waals surface area contributed by atoms with Gasteiger partial charge in [0.1, 0.15) is 6.26 Å². The second-order valence-electron chi connectivity index (χ2n) is 1.85. The fraction of sp³-hybridized carbons (Fsp3) is 0.500. The number of hydrogen-bond donors (Lipinski definition) is 1. The van der Waals surface area contributed by atoms with Gasteiger partial charge >= 0.3 is 5.97 Å². The van der Waals surface area contributed by atoms with Crippen molar-refractivity contribution in [2.75, 3.05) is 6.61 Å². The molecule has 5 heteroatoms. The standard InChI is InChI=1S/C6H8ClNO3/c1-2-10-5(9)4-3-11-6(7)8-4/h3,6,8H,2H2,1H3. The first-order chi connectivity index (χ1) is 5.24. The molecule has 0 bridgehead atoms. The predicted octanol–water partition coefficient (Wildman–Crippen LogP) is 0.533. The van der Waals surface area contributed by atoms with Crippen LogP contribution in [0.25, 0.3) is 0 Å². The van der Waals surface area contributed by atoms with Gasteiger partial charge in [0.05, 0.1) is 6.61 Å². The summed E-state index contributed by atoms with van der Waals surface area (Å²) in [6.07, 6.45) is 1.25. The maximum absolute atomic E-state index is 10.9. The quantitative estimate of drug-likeness (QED) is 0.380. The molecule has 1 unspecified atom stereocenters. The molecule has 0 fully saturated rings. The van der Waals surface area contributed by atoms with Crippen molar-refractivity contribution in [1.29, 1.82) is 0 Å². The molecule has 1 rings (SSSR count). The number of nitrogens with one attached hydrogen (secondary N) is 1. The summed E-state index contributed by atoms with van der Waals surface area (Å²) in [6.45, 7) is 2.07. The Labute approximate surface area is 69.1 Å². The molecule has 0 amide bonds. The Morgan fingerprint density at radius 1 is 2.00 bits per heavy atom. The highest BCUT2D eigenvalue weighted by molar-refractivity contribution is 6.20. The Morgan fingerprint density at radius 2 is 2.73 bits per heavy atom. The van der Waals surface area contributed by atoms with E-state index in [2.05, 4.69) is 10.1 Å². The molecule has 0 spiro atoms. The van der Waals surface area contributed by atoms with E-state index < -0.39 is 11.7 Å². The lowest BCUT2D eigenvalue weighted by Crippen LogP contribution is -2.23. The molecule has 0 aromatic heterocycles. The first-order valence-corrected chi connectivity index (χ1v) is 3.61. The average molecular weight is 178 g/mol. The van der Waals surface area contributed by atoms with E-state index in [1.54, 1.807) is 6.92 Å². The SMILES string of the molecule is CCOC(=O)C1=COC(Cl)N1. The summed E-state index contributed by atoms with van der Waals surface area (Å²) in [4.78, 5) is 10.9. The van der Waals surface area contributed by atoms with Crippen LogP contribution in [0, 0.1) is 0 Å². The van der Waals surface area contributed by atoms with E-state index in [1.165, 1.54) is 6.26 Å². The molecular formula is C6H8ClNO3. The Hall–Kier alpha value is -0.900. The minimum atomic E-state index is -0.658. The minimum Gasteiger partial charge on any atom is -0.462 e. The summed E-state index contributed by atoms with van der Waals surface area (Å²) in [7, 11) is 0. The van der Waals surface area contributed by atoms with Gasteiger partial charge in [-0.2, -0.15) is 0 Å². The number of ether oxygens (including phenoxy) is 2. The number of carbonyl (C=O) groups is 1. The molecular weight excluding hydrogens is 170 g/mol. The van der Waals surface area contributed by atoms with E-state index in [9.17, 15) is 4.79 Å². The van der Waals surface area contributed by atoms with Crippen molar-refractivity contribution in [3.63, 3.8) is 0 Å². The van der Waals surface area contributed by atoms with Gasteiger partial charge in [-0.15, -0.1) is 0 Å². The summed E-state index contributed by atoms with van der Waals surface area (Å²) in [5.41, 5.74) is -0.402. The van der Waals surface area contributed by atoms with Crippen LogP contribution in [0.2, 0.25) is 0 Å². The van der Waals surface area contributed by atoms with E-state index in [1.807, 2.05) is 0 Å². The highest BCUT2D eigenvalue weighted by atomic mass is 35.5. The van der Waals surface area contributed by atoms with Crippen LogP contribution in [0.15, 0.2) is 12.0 Å². The molecule has 4 nitrogen and oxygen atoms in total. The second-order valence-corrected chi connectivity index (χ2v) is 2.24. The first kappa shape index (κ1) is 8.20. The molecule has 1 atom stereocenters. The summed E-state index contributed by atoms with van der Waals surface area (Å²) in [5, 5.41) is 2.57. The molecule has 0 radical (unpaired) electrons. The second kappa shape index (κ2) is 3.48. The van der Waals surface area contributed by atoms with Crippen LogP contribution in [0.4, 0.5) is 0 Å². The molecule has 1 aliphatic heterocycles. The maximum atomic E-state index is 10.9. The number of rotatable bonds is 2. The third-order valence-corrected chi connectivity index (χ3v) is 1.28. The normalized spacial score (nSPS) is 21.6. The molecule has 0 aromatic carbocycles. The molecule has 62 valence electrons. The summed E-state index contributed by atoms with van der Waals surface area (Å²) in [5.74, 6) is -0.448. The van der Waals surface area contributed by atoms with Crippen LogP contribution in [-0.2, 0) is 14.3 Å². The fourth-order valence-corrected chi connectivity index (χ4v) is 0.803. The van der Waals surface area contributed by atoms with Gasteiger partial charge in [-0.1, -0.05) is 11.6 Å². The summed E-state index contributed by atoms with van der Waals surface area (Å²) in [6, 6.07) is 0. The Bertz CT molecular complexity index is 192. The van der Waals surface area contributed by atoms with Crippen LogP contribution in [0.5, 0.6) is 0 Å². The zero-order valence-electron chi connectivity index (χ0n) is 5.96. The predicted molar refractivity (Wildman–Crippen MR) is 38.6 cm³/mol. The molecule has 1 aliphatic rings. The van der Waals surface area contributed by atoms with E-state index in [-0.39, 0.29) is 5.70 Å². The van der Waals surface area contributed by atoms with Crippen molar-refractivity contribution >= 4 is 17.6 Å². The maximum Gasteiger partial charge on any atom is 0.357 e. The van der Waals surface area contributed by atoms with Gasteiger partial charge in [-0.05, 0) is 6.92 Å². The zero-order chi connectivity index (χ0) is 8.27. The lowest BCUT2D eigenvalue weighted by Gasteiger charge is -2.03. The smallest absolute Gasteiger partial charge is 0.357 e. The van der Waals surface area contributed by atoms with Crippen molar-refractivity contribution in [2.24, 2.45) is 0 Å². The van der Waals surface area contributed by atoms with Crippen molar-refractivity contribution in [3.05, 3.63) is 12.0 Å².